The minimum absolute atomic E-state index is 0.206. The van der Waals surface area contributed by atoms with E-state index in [0.717, 1.165) is 51.6 Å². The summed E-state index contributed by atoms with van der Waals surface area (Å²) in [6, 6.07) is 35.9. The Labute approximate surface area is 277 Å². The molecule has 0 radical (unpaired) electrons. The van der Waals surface area contributed by atoms with Gasteiger partial charge in [-0.25, -0.2) is 13.1 Å². The predicted molar refractivity (Wildman–Crippen MR) is 179 cm³/mol. The molecular weight excluding hydrogens is 638 g/mol. The second-order valence-electron chi connectivity index (χ2n) is 11.2. The van der Waals surface area contributed by atoms with Gasteiger partial charge >= 0.3 is 0 Å². The van der Waals surface area contributed by atoms with Crippen LogP contribution in [0.5, 0.6) is 5.75 Å². The molecule has 1 N–H and O–H groups in total. The van der Waals surface area contributed by atoms with Crippen LogP contribution in [0.4, 0.5) is 5.69 Å². The van der Waals surface area contributed by atoms with Gasteiger partial charge in [0.25, 0.3) is 21.6 Å². The Bertz CT molecular complexity index is 2020. The first-order chi connectivity index (χ1) is 22.7. The van der Waals surface area contributed by atoms with Crippen LogP contribution in [0.3, 0.4) is 0 Å². The summed E-state index contributed by atoms with van der Waals surface area (Å²) in [7, 11) is -4.42. The summed E-state index contributed by atoms with van der Waals surface area (Å²) in [6.45, 7) is 1.15. The first kappa shape index (κ1) is 31.9. The van der Waals surface area contributed by atoms with Crippen LogP contribution in [0.1, 0.15) is 22.3 Å². The van der Waals surface area contributed by atoms with Crippen LogP contribution in [-0.4, -0.2) is 30.2 Å². The zero-order valence-corrected chi connectivity index (χ0v) is 26.7. The van der Waals surface area contributed by atoms with E-state index in [-0.39, 0.29) is 11.4 Å². The molecule has 238 valence electrons. The Morgan fingerprint density at radius 3 is 2.23 bits per heavy atom. The summed E-state index contributed by atoms with van der Waals surface area (Å²) in [4.78, 5) is 25.6. The van der Waals surface area contributed by atoms with Gasteiger partial charge in [0.2, 0.25) is 0 Å². The van der Waals surface area contributed by atoms with Gasteiger partial charge in [0.15, 0.2) is 0 Å². The number of amides is 1. The van der Waals surface area contributed by atoms with Crippen molar-refractivity contribution >= 4 is 33.2 Å². The van der Waals surface area contributed by atoms with Crippen LogP contribution < -0.4 is 9.46 Å². The number of sulfonamides is 1. The normalized spacial score (nSPS) is 14.6. The van der Waals surface area contributed by atoms with Gasteiger partial charge in [-0.3, -0.25) is 19.8 Å². The number of carbonyl (C=O) groups is 1. The molecule has 1 aliphatic rings. The number of nitrogens with one attached hydrogen (secondary N) is 1. The number of hydrogen-bond acceptors (Lipinski definition) is 7. The van der Waals surface area contributed by atoms with Gasteiger partial charge < -0.3 is 4.74 Å². The lowest BCUT2D eigenvalue weighted by Crippen LogP contribution is -2.51. The van der Waals surface area contributed by atoms with E-state index in [2.05, 4.69) is 29.0 Å². The van der Waals surface area contributed by atoms with E-state index >= 15 is 0 Å². The van der Waals surface area contributed by atoms with Crippen molar-refractivity contribution in [3.63, 3.8) is 0 Å². The van der Waals surface area contributed by atoms with Gasteiger partial charge in [0.05, 0.1) is 15.9 Å². The predicted octanol–water partition coefficient (Wildman–Crippen LogP) is 6.93. The quantitative estimate of drug-likeness (QED) is 0.127. The fraction of sp³-hybridized carbons (Fsp3) is 0.139. The molecule has 0 saturated carbocycles. The third kappa shape index (κ3) is 7.52. The molecule has 0 aromatic heterocycles. The topological polar surface area (TPSA) is 119 Å². The zero-order chi connectivity index (χ0) is 33.0. The zero-order valence-electron chi connectivity index (χ0n) is 25.1. The minimum Gasteiger partial charge on any atom is -0.489 e. The maximum absolute atomic E-state index is 13.6. The molecule has 1 aliphatic heterocycles. The number of halogens is 1. The molecule has 1 amide bonds. The van der Waals surface area contributed by atoms with Gasteiger partial charge in [-0.05, 0) is 64.1 Å². The summed E-state index contributed by atoms with van der Waals surface area (Å²) >= 11 is 5.86. The standard InChI is InChI=1S/C36H30ClN3O6S/c37-33-18-17-32(21-34(33)40(42)43)47(44,45)38-36(41)35-20-29-15-16-31(19-30(29)23-39(35)22-25-7-3-1-4-8-25)46-24-26-11-13-28(14-12-26)27-9-5-2-6-10-27/h1-19,21,35H,20,22-24H2,(H,38,41)/t35-/m0/s1. The van der Waals surface area contributed by atoms with Gasteiger partial charge in [0.1, 0.15) is 17.4 Å². The molecule has 0 saturated heterocycles. The number of carbonyl (C=O) groups excluding carboxylic acids is 1. The van der Waals surface area contributed by atoms with Crippen molar-refractivity contribution in [1.82, 2.24) is 9.62 Å². The van der Waals surface area contributed by atoms with Gasteiger partial charge in [-0.15, -0.1) is 0 Å². The Morgan fingerprint density at radius 1 is 0.851 bits per heavy atom. The molecule has 6 rings (SSSR count). The van der Waals surface area contributed by atoms with Crippen LogP contribution in [0, 0.1) is 10.1 Å². The van der Waals surface area contributed by atoms with Crippen molar-refractivity contribution in [3.8, 4) is 16.9 Å². The van der Waals surface area contributed by atoms with Crippen molar-refractivity contribution in [2.24, 2.45) is 0 Å². The molecule has 47 heavy (non-hydrogen) atoms. The number of rotatable bonds is 10. The maximum atomic E-state index is 13.6. The van der Waals surface area contributed by atoms with Crippen LogP contribution >= 0.6 is 11.6 Å². The molecule has 9 nitrogen and oxygen atoms in total. The van der Waals surface area contributed by atoms with Crippen molar-refractivity contribution in [3.05, 3.63) is 159 Å². The molecule has 0 spiro atoms. The molecule has 0 unspecified atom stereocenters. The van der Waals surface area contributed by atoms with E-state index in [0.29, 0.717) is 25.4 Å². The molecular formula is C36H30ClN3O6S. The van der Waals surface area contributed by atoms with Crippen molar-refractivity contribution in [2.45, 2.75) is 37.1 Å². The lowest BCUT2D eigenvalue weighted by atomic mass is 9.93. The smallest absolute Gasteiger partial charge is 0.289 e. The SMILES string of the molecule is O=C(NS(=O)(=O)c1ccc(Cl)c([N+](=O)[O-])c1)[C@@H]1Cc2ccc(OCc3ccc(-c4ccccc4)cc3)cc2CN1Cc1ccccc1. The van der Waals surface area contributed by atoms with Gasteiger partial charge in [-0.1, -0.05) is 103 Å². The first-order valence-corrected chi connectivity index (χ1v) is 16.7. The molecule has 5 aromatic rings. The van der Waals surface area contributed by atoms with Crippen LogP contribution in [0.2, 0.25) is 5.02 Å². The highest BCUT2D eigenvalue weighted by Gasteiger charge is 2.34. The summed E-state index contributed by atoms with van der Waals surface area (Å²) < 4.78 is 34.6. The average molecular weight is 668 g/mol. The highest BCUT2D eigenvalue weighted by Crippen LogP contribution is 2.31. The molecule has 0 bridgehead atoms. The number of nitro groups is 1. The Morgan fingerprint density at radius 2 is 1.53 bits per heavy atom. The lowest BCUT2D eigenvalue weighted by molar-refractivity contribution is -0.384. The van der Waals surface area contributed by atoms with Gasteiger partial charge in [-0.2, -0.15) is 0 Å². The second-order valence-corrected chi connectivity index (χ2v) is 13.3. The molecule has 11 heteroatoms. The van der Waals surface area contributed by atoms with Crippen molar-refractivity contribution in [2.75, 3.05) is 0 Å². The molecule has 5 aromatic carbocycles. The summed E-state index contributed by atoms with van der Waals surface area (Å²) in [5.74, 6) is -0.0474. The monoisotopic (exact) mass is 667 g/mol. The van der Waals surface area contributed by atoms with E-state index < -0.39 is 37.5 Å². The summed E-state index contributed by atoms with van der Waals surface area (Å²) in [5, 5.41) is 11.1. The number of ether oxygens (including phenoxy) is 1. The molecule has 1 atom stereocenters. The van der Waals surface area contributed by atoms with E-state index in [9.17, 15) is 23.3 Å². The number of nitro benzene ring substituents is 1. The number of fused-ring (bicyclic) bond motifs is 1. The largest absolute Gasteiger partial charge is 0.489 e. The van der Waals surface area contributed by atoms with Crippen LogP contribution in [0.25, 0.3) is 11.1 Å². The fourth-order valence-electron chi connectivity index (χ4n) is 5.60. The number of benzene rings is 5. The fourth-order valence-corrected chi connectivity index (χ4v) is 6.82. The highest BCUT2D eigenvalue weighted by atomic mass is 35.5. The summed E-state index contributed by atoms with van der Waals surface area (Å²) in [6.07, 6.45) is 0.255. The Hall–Kier alpha value is -5.03. The Kier molecular flexibility index (Phi) is 9.35. The highest BCUT2D eigenvalue weighted by molar-refractivity contribution is 7.90. The molecule has 0 fully saturated rings. The van der Waals surface area contributed by atoms with Crippen molar-refractivity contribution < 1.29 is 22.9 Å². The first-order valence-electron chi connectivity index (χ1n) is 14.8. The lowest BCUT2D eigenvalue weighted by Gasteiger charge is -2.36. The van der Waals surface area contributed by atoms with Crippen molar-refractivity contribution in [1.29, 1.82) is 0 Å². The average Bonchev–Trinajstić information content (AvgIpc) is 3.08. The van der Waals surface area contributed by atoms with Crippen LogP contribution in [0.15, 0.2) is 126 Å². The Balaban J connectivity index is 1.19. The third-order valence-corrected chi connectivity index (χ3v) is 9.73. The maximum Gasteiger partial charge on any atom is 0.289 e. The van der Waals surface area contributed by atoms with E-state index in [1.165, 1.54) is 0 Å². The number of hydrogen-bond donors (Lipinski definition) is 1. The molecule has 0 aliphatic carbocycles. The second kappa shape index (κ2) is 13.8. The van der Waals surface area contributed by atoms with E-state index in [4.69, 9.17) is 16.3 Å². The van der Waals surface area contributed by atoms with E-state index in [1.54, 1.807) is 0 Å². The van der Waals surface area contributed by atoms with E-state index in [1.807, 2.05) is 83.8 Å². The molecule has 1 heterocycles. The number of nitrogens with zero attached hydrogens (tertiary/aromatic N) is 2. The minimum atomic E-state index is -4.42. The van der Waals surface area contributed by atoms with Gasteiger partial charge in [0, 0.05) is 19.2 Å². The van der Waals surface area contributed by atoms with Crippen LogP contribution in [-0.2, 0) is 40.9 Å². The third-order valence-electron chi connectivity index (χ3n) is 8.06. The summed E-state index contributed by atoms with van der Waals surface area (Å²) in [5.41, 5.74) is 5.55.